The molecule has 0 atom stereocenters. The minimum Gasteiger partial charge on any atom is -0.423 e. The highest BCUT2D eigenvalue weighted by atomic mass is 35.5. The molecule has 72 valence electrons. The second-order valence-corrected chi connectivity index (χ2v) is 4.16. The molecule has 0 bridgehead atoms. The molecule has 6 heteroatoms. The van der Waals surface area contributed by atoms with E-state index in [1.165, 1.54) is 0 Å². The Balaban J connectivity index is 2.83. The van der Waals surface area contributed by atoms with E-state index in [0.29, 0.717) is 15.1 Å². The van der Waals surface area contributed by atoms with Gasteiger partial charge in [0.15, 0.2) is 5.13 Å². The number of hydrogen-bond donors (Lipinski definition) is 2. The van der Waals surface area contributed by atoms with Crippen LogP contribution in [0, 0.1) is 5.13 Å². The van der Waals surface area contributed by atoms with Crippen LogP contribution in [0.2, 0.25) is 5.02 Å². The standard InChI is InChI=1S/C8H5BClFO2S/c10-5-3-1-2-4-6(9(12)13)8(11)14-7(4)5/h1-3,12-13H. The molecule has 1 aromatic carbocycles. The SMILES string of the molecule is OB(O)c1c(F)sc2c(Cl)cccc12. The van der Waals surface area contributed by atoms with Gasteiger partial charge in [0.1, 0.15) is 0 Å². The van der Waals surface area contributed by atoms with Crippen LogP contribution in [0.25, 0.3) is 10.1 Å². The van der Waals surface area contributed by atoms with E-state index in [4.69, 9.17) is 21.6 Å². The lowest BCUT2D eigenvalue weighted by atomic mass is 9.80. The first kappa shape index (κ1) is 9.92. The van der Waals surface area contributed by atoms with Crippen LogP contribution < -0.4 is 5.46 Å². The Hall–Kier alpha value is -0.615. The van der Waals surface area contributed by atoms with Gasteiger partial charge in [-0.2, -0.15) is 4.39 Å². The average Bonchev–Trinajstić information content (AvgIpc) is 2.42. The van der Waals surface area contributed by atoms with Crippen LogP contribution >= 0.6 is 22.9 Å². The van der Waals surface area contributed by atoms with E-state index < -0.39 is 12.2 Å². The van der Waals surface area contributed by atoms with Crippen LogP contribution in [0.1, 0.15) is 0 Å². The van der Waals surface area contributed by atoms with E-state index in [-0.39, 0.29) is 5.46 Å². The van der Waals surface area contributed by atoms with Gasteiger partial charge in [0.25, 0.3) is 0 Å². The summed E-state index contributed by atoms with van der Waals surface area (Å²) in [5.74, 6) is 0. The first-order chi connectivity index (χ1) is 6.61. The molecule has 0 fully saturated rings. The van der Waals surface area contributed by atoms with Gasteiger partial charge in [-0.1, -0.05) is 23.7 Å². The maximum absolute atomic E-state index is 13.3. The van der Waals surface area contributed by atoms with Crippen molar-refractivity contribution in [3.8, 4) is 0 Å². The molecule has 0 aliphatic carbocycles. The molecule has 14 heavy (non-hydrogen) atoms. The summed E-state index contributed by atoms with van der Waals surface area (Å²) >= 11 is 6.64. The van der Waals surface area contributed by atoms with Crippen LogP contribution in [0.3, 0.4) is 0 Å². The lowest BCUT2D eigenvalue weighted by molar-refractivity contribution is 0.424. The summed E-state index contributed by atoms with van der Waals surface area (Å²) in [4.78, 5) is 0. The molecule has 2 aromatic rings. The Morgan fingerprint density at radius 2 is 2.07 bits per heavy atom. The quantitative estimate of drug-likeness (QED) is 0.727. The fourth-order valence-corrected chi connectivity index (χ4v) is 2.56. The molecule has 0 saturated carbocycles. The van der Waals surface area contributed by atoms with E-state index in [1.54, 1.807) is 18.2 Å². The topological polar surface area (TPSA) is 40.5 Å². The van der Waals surface area contributed by atoms with Gasteiger partial charge in [0.2, 0.25) is 0 Å². The Morgan fingerprint density at radius 3 is 2.71 bits per heavy atom. The molecule has 2 nitrogen and oxygen atoms in total. The highest BCUT2D eigenvalue weighted by molar-refractivity contribution is 7.19. The zero-order chi connectivity index (χ0) is 10.3. The highest BCUT2D eigenvalue weighted by Crippen LogP contribution is 2.29. The van der Waals surface area contributed by atoms with Crippen molar-refractivity contribution in [3.05, 3.63) is 28.4 Å². The Kier molecular flexibility index (Phi) is 2.49. The van der Waals surface area contributed by atoms with Crippen LogP contribution in [-0.4, -0.2) is 17.2 Å². The minimum absolute atomic E-state index is 0.104. The summed E-state index contributed by atoms with van der Waals surface area (Å²) in [5.41, 5.74) is -0.104. The third-order valence-electron chi connectivity index (χ3n) is 1.92. The van der Waals surface area contributed by atoms with E-state index in [1.807, 2.05) is 0 Å². The third kappa shape index (κ3) is 1.42. The first-order valence-corrected chi connectivity index (χ1v) is 5.03. The number of fused-ring (bicyclic) bond motifs is 1. The van der Waals surface area contributed by atoms with Crippen molar-refractivity contribution < 1.29 is 14.4 Å². The average molecular weight is 230 g/mol. The summed E-state index contributed by atoms with van der Waals surface area (Å²) in [6.07, 6.45) is 0. The number of thiophene rings is 1. The number of hydrogen-bond acceptors (Lipinski definition) is 3. The molecule has 0 radical (unpaired) electrons. The number of rotatable bonds is 1. The number of benzene rings is 1. The van der Waals surface area contributed by atoms with Crippen LogP contribution in [0.15, 0.2) is 18.2 Å². The largest absolute Gasteiger partial charge is 0.493 e. The fourth-order valence-electron chi connectivity index (χ4n) is 1.32. The van der Waals surface area contributed by atoms with Crippen molar-refractivity contribution in [3.63, 3.8) is 0 Å². The van der Waals surface area contributed by atoms with E-state index in [2.05, 4.69) is 0 Å². The lowest BCUT2D eigenvalue weighted by Crippen LogP contribution is -2.31. The maximum Gasteiger partial charge on any atom is 0.493 e. The van der Waals surface area contributed by atoms with Gasteiger partial charge >= 0.3 is 7.12 Å². The molecule has 1 aromatic heterocycles. The molecule has 0 aliphatic heterocycles. The van der Waals surface area contributed by atoms with Crippen molar-refractivity contribution in [2.75, 3.05) is 0 Å². The highest BCUT2D eigenvalue weighted by Gasteiger charge is 2.23. The van der Waals surface area contributed by atoms with Gasteiger partial charge in [0, 0.05) is 5.46 Å². The zero-order valence-corrected chi connectivity index (χ0v) is 8.44. The predicted octanol–water partition coefficient (Wildman–Crippen LogP) is 1.37. The van der Waals surface area contributed by atoms with Crippen LogP contribution in [0.4, 0.5) is 4.39 Å². The van der Waals surface area contributed by atoms with Gasteiger partial charge in [-0.15, -0.1) is 11.3 Å². The second kappa shape index (κ2) is 3.51. The molecule has 0 saturated heterocycles. The molecule has 0 aliphatic rings. The summed E-state index contributed by atoms with van der Waals surface area (Å²) in [5, 5.41) is 18.2. The zero-order valence-electron chi connectivity index (χ0n) is 6.87. The van der Waals surface area contributed by atoms with Crippen molar-refractivity contribution in [1.29, 1.82) is 0 Å². The van der Waals surface area contributed by atoms with Crippen LogP contribution in [-0.2, 0) is 0 Å². The maximum atomic E-state index is 13.3. The Morgan fingerprint density at radius 1 is 1.36 bits per heavy atom. The first-order valence-electron chi connectivity index (χ1n) is 3.84. The third-order valence-corrected chi connectivity index (χ3v) is 3.39. The predicted molar refractivity (Wildman–Crippen MR) is 56.6 cm³/mol. The van der Waals surface area contributed by atoms with E-state index >= 15 is 0 Å². The molecule has 0 unspecified atom stereocenters. The summed E-state index contributed by atoms with van der Waals surface area (Å²) in [6, 6.07) is 4.88. The van der Waals surface area contributed by atoms with Gasteiger partial charge in [-0.25, -0.2) is 0 Å². The molecule has 1 heterocycles. The summed E-state index contributed by atoms with van der Waals surface area (Å²) in [7, 11) is -1.80. The van der Waals surface area contributed by atoms with Gasteiger partial charge in [0.05, 0.1) is 9.72 Å². The summed E-state index contributed by atoms with van der Waals surface area (Å²) in [6.45, 7) is 0. The monoisotopic (exact) mass is 230 g/mol. The second-order valence-electron chi connectivity index (χ2n) is 2.78. The smallest absolute Gasteiger partial charge is 0.423 e. The van der Waals surface area contributed by atoms with Crippen molar-refractivity contribution in [2.24, 2.45) is 0 Å². The Labute approximate surface area is 88.7 Å². The normalized spacial score (nSPS) is 10.9. The van der Waals surface area contributed by atoms with E-state index in [0.717, 1.165) is 11.3 Å². The molecular formula is C8H5BClFO2S. The number of halogens is 2. The lowest BCUT2D eigenvalue weighted by Gasteiger charge is -1.96. The minimum atomic E-state index is -1.80. The van der Waals surface area contributed by atoms with Crippen molar-refractivity contribution in [1.82, 2.24) is 0 Å². The van der Waals surface area contributed by atoms with Crippen LogP contribution in [0.5, 0.6) is 0 Å². The van der Waals surface area contributed by atoms with E-state index in [9.17, 15) is 4.39 Å². The molecular weight excluding hydrogens is 225 g/mol. The molecule has 2 rings (SSSR count). The molecule has 0 amide bonds. The van der Waals surface area contributed by atoms with Gasteiger partial charge in [-0.3, -0.25) is 0 Å². The molecule has 0 spiro atoms. The summed E-state index contributed by atoms with van der Waals surface area (Å²) < 4.78 is 13.8. The fraction of sp³-hybridized carbons (Fsp3) is 0. The van der Waals surface area contributed by atoms with Gasteiger partial charge in [-0.05, 0) is 11.5 Å². The van der Waals surface area contributed by atoms with Crippen molar-refractivity contribution in [2.45, 2.75) is 0 Å². The Bertz CT molecular complexity index is 485. The van der Waals surface area contributed by atoms with Gasteiger partial charge < -0.3 is 10.0 Å². The molecule has 2 N–H and O–H groups in total. The van der Waals surface area contributed by atoms with Crippen molar-refractivity contribution >= 4 is 45.6 Å².